The highest BCUT2D eigenvalue weighted by atomic mass is 16.7. The van der Waals surface area contributed by atoms with Crippen LogP contribution in [-0.2, 0) is 24.0 Å². The second-order valence-electron chi connectivity index (χ2n) is 16.2. The van der Waals surface area contributed by atoms with E-state index in [9.17, 15) is 0 Å². The molecule has 0 aromatic heterocycles. The molecule has 7 rings (SSSR count). The van der Waals surface area contributed by atoms with Crippen molar-refractivity contribution in [3.05, 3.63) is 65.7 Å². The minimum atomic E-state index is -0.285. The van der Waals surface area contributed by atoms with Crippen molar-refractivity contribution >= 4 is 30.7 Å². The SMILES string of the molecule is CN1CC=C(c2ccc(B3OC(C)(C)C(C)(C)O3)cc2)CC1.CN1CCC2(c3ccc(B4OC(C)(C)C(C)(C)O4)cc3)CC2C1. The third-order valence-corrected chi connectivity index (χ3v) is 11.9. The number of fused-ring (bicyclic) bond motifs is 1. The molecule has 0 radical (unpaired) electrons. The van der Waals surface area contributed by atoms with Gasteiger partial charge in [0.05, 0.1) is 22.4 Å². The van der Waals surface area contributed by atoms with Crippen LogP contribution < -0.4 is 10.9 Å². The summed E-state index contributed by atoms with van der Waals surface area (Å²) < 4.78 is 24.5. The van der Waals surface area contributed by atoms with Crippen molar-refractivity contribution in [3.63, 3.8) is 0 Å². The number of hydrogen-bond donors (Lipinski definition) is 0. The Labute approximate surface area is 273 Å². The maximum absolute atomic E-state index is 6.16. The lowest BCUT2D eigenvalue weighted by atomic mass is 9.77. The number of rotatable bonds is 4. The third-order valence-electron chi connectivity index (χ3n) is 11.9. The van der Waals surface area contributed by atoms with Gasteiger partial charge in [-0.1, -0.05) is 54.6 Å². The lowest BCUT2D eigenvalue weighted by Crippen LogP contribution is -2.41. The molecule has 0 amide bonds. The Balaban J connectivity index is 0.000000159. The maximum Gasteiger partial charge on any atom is 0.494 e. The summed E-state index contributed by atoms with van der Waals surface area (Å²) in [5.41, 5.74) is 5.84. The van der Waals surface area contributed by atoms with Crippen molar-refractivity contribution in [3.8, 4) is 0 Å². The monoisotopic (exact) mass is 612 g/mol. The molecular formula is C37H54B2N2O4. The van der Waals surface area contributed by atoms with E-state index in [1.54, 1.807) is 0 Å². The van der Waals surface area contributed by atoms with Crippen molar-refractivity contribution in [2.75, 3.05) is 40.3 Å². The molecule has 0 spiro atoms. The first kappa shape index (κ1) is 33.0. The van der Waals surface area contributed by atoms with Gasteiger partial charge in [-0.2, -0.15) is 0 Å². The second kappa shape index (κ2) is 11.6. The summed E-state index contributed by atoms with van der Waals surface area (Å²) in [6.45, 7) is 21.4. The highest BCUT2D eigenvalue weighted by Crippen LogP contribution is 2.58. The molecule has 0 bridgehead atoms. The van der Waals surface area contributed by atoms with E-state index in [0.29, 0.717) is 5.41 Å². The van der Waals surface area contributed by atoms with Gasteiger partial charge in [0.1, 0.15) is 0 Å². The Morgan fingerprint density at radius 1 is 0.644 bits per heavy atom. The van der Waals surface area contributed by atoms with Gasteiger partial charge in [-0.05, 0) is 129 Å². The van der Waals surface area contributed by atoms with E-state index in [-0.39, 0.29) is 36.6 Å². The molecule has 0 N–H and O–H groups in total. The zero-order valence-electron chi connectivity index (χ0n) is 29.4. The van der Waals surface area contributed by atoms with Crippen molar-refractivity contribution in [2.24, 2.45) is 5.92 Å². The van der Waals surface area contributed by atoms with Gasteiger partial charge in [0.15, 0.2) is 0 Å². The van der Waals surface area contributed by atoms with Crippen LogP contribution in [0.2, 0.25) is 0 Å². The van der Waals surface area contributed by atoms with Crippen molar-refractivity contribution in [2.45, 2.75) is 102 Å². The lowest BCUT2D eigenvalue weighted by Gasteiger charge is -2.32. The Morgan fingerprint density at radius 3 is 1.58 bits per heavy atom. The Bertz CT molecular complexity index is 1370. The van der Waals surface area contributed by atoms with Crippen LogP contribution in [0, 0.1) is 5.92 Å². The molecule has 8 heteroatoms. The number of nitrogens with zero attached hydrogens (tertiary/aromatic N) is 2. The van der Waals surface area contributed by atoms with E-state index in [1.807, 2.05) is 0 Å². The average Bonchev–Trinajstić information content (AvgIpc) is 3.60. The van der Waals surface area contributed by atoms with Crippen molar-refractivity contribution in [1.29, 1.82) is 0 Å². The molecule has 4 fully saturated rings. The van der Waals surface area contributed by atoms with Gasteiger partial charge < -0.3 is 28.4 Å². The smallest absolute Gasteiger partial charge is 0.399 e. The average molecular weight is 612 g/mol. The summed E-state index contributed by atoms with van der Waals surface area (Å²) >= 11 is 0. The van der Waals surface area contributed by atoms with Crippen LogP contribution in [0.4, 0.5) is 0 Å². The zero-order valence-corrected chi connectivity index (χ0v) is 29.4. The van der Waals surface area contributed by atoms with Crippen molar-refractivity contribution < 1.29 is 18.6 Å². The summed E-state index contributed by atoms with van der Waals surface area (Å²) in [5, 5.41) is 0. The molecule has 2 atom stereocenters. The topological polar surface area (TPSA) is 43.4 Å². The van der Waals surface area contributed by atoms with Crippen LogP contribution in [-0.4, -0.2) is 86.7 Å². The van der Waals surface area contributed by atoms with Crippen molar-refractivity contribution in [1.82, 2.24) is 9.80 Å². The minimum Gasteiger partial charge on any atom is -0.399 e. The fourth-order valence-corrected chi connectivity index (χ4v) is 7.10. The van der Waals surface area contributed by atoms with Gasteiger partial charge in [-0.25, -0.2) is 0 Å². The van der Waals surface area contributed by atoms with Gasteiger partial charge >= 0.3 is 14.2 Å². The third kappa shape index (κ3) is 6.36. The van der Waals surface area contributed by atoms with Crippen LogP contribution >= 0.6 is 0 Å². The summed E-state index contributed by atoms with van der Waals surface area (Å²) in [7, 11) is 3.88. The number of likely N-dealkylation sites (tertiary alicyclic amines) is 1. The number of hydrogen-bond acceptors (Lipinski definition) is 6. The van der Waals surface area contributed by atoms with Gasteiger partial charge in [-0.15, -0.1) is 0 Å². The molecule has 5 aliphatic rings. The van der Waals surface area contributed by atoms with Crippen LogP contribution in [0.3, 0.4) is 0 Å². The van der Waals surface area contributed by atoms with E-state index in [0.717, 1.165) is 36.4 Å². The first-order valence-electron chi connectivity index (χ1n) is 17.0. The highest BCUT2D eigenvalue weighted by Gasteiger charge is 2.57. The number of benzene rings is 2. The molecule has 3 saturated heterocycles. The first-order chi connectivity index (χ1) is 21.0. The van der Waals surface area contributed by atoms with Gasteiger partial charge in [0.25, 0.3) is 0 Å². The summed E-state index contributed by atoms with van der Waals surface area (Å²) in [6.07, 6.45) is 6.09. The normalized spacial score (nSPS) is 29.9. The van der Waals surface area contributed by atoms with Gasteiger partial charge in [0, 0.05) is 25.0 Å². The predicted molar refractivity (Wildman–Crippen MR) is 186 cm³/mol. The van der Waals surface area contributed by atoms with E-state index in [4.69, 9.17) is 18.6 Å². The number of likely N-dealkylation sites (N-methyl/N-ethyl adjacent to an activating group) is 1. The fourth-order valence-electron chi connectivity index (χ4n) is 7.10. The Kier molecular flexibility index (Phi) is 8.54. The molecular weight excluding hydrogens is 558 g/mol. The summed E-state index contributed by atoms with van der Waals surface area (Å²) in [6, 6.07) is 17.7. The molecule has 4 aliphatic heterocycles. The molecule has 1 aliphatic carbocycles. The molecule has 6 nitrogen and oxygen atoms in total. The minimum absolute atomic E-state index is 0.251. The molecule has 2 aromatic rings. The van der Waals surface area contributed by atoms with E-state index in [1.165, 1.54) is 42.6 Å². The van der Waals surface area contributed by atoms with Crippen LogP contribution in [0.25, 0.3) is 5.57 Å². The summed E-state index contributed by atoms with van der Waals surface area (Å²) in [4.78, 5) is 4.80. The van der Waals surface area contributed by atoms with Crippen LogP contribution in [0.1, 0.15) is 85.8 Å². The van der Waals surface area contributed by atoms with E-state index >= 15 is 0 Å². The molecule has 2 unspecified atom stereocenters. The maximum atomic E-state index is 6.16. The van der Waals surface area contributed by atoms with E-state index in [2.05, 4.69) is 134 Å². The highest BCUT2D eigenvalue weighted by molar-refractivity contribution is 6.62. The predicted octanol–water partition coefficient (Wildman–Crippen LogP) is 5.28. The summed E-state index contributed by atoms with van der Waals surface area (Å²) in [5.74, 6) is 0.851. The lowest BCUT2D eigenvalue weighted by molar-refractivity contribution is 0.00578. The molecule has 4 heterocycles. The standard InChI is InChI=1S/C19H28BNO2.C18H26BNO2/c1-17(2)18(3,4)23-20(22-17)16-8-6-14(7-9-16)19-10-11-21(5)13-15(19)12-19;1-17(2)18(3,4)22-19(21-17)16-8-6-14(7-9-16)15-10-12-20(5)13-11-15/h6-9,15H,10-13H2,1-5H3;6-10H,11-13H2,1-5H3. The van der Waals surface area contributed by atoms with Crippen LogP contribution in [0.5, 0.6) is 0 Å². The fraction of sp³-hybridized carbons (Fsp3) is 0.622. The molecule has 242 valence electrons. The Hall–Kier alpha value is -1.93. The largest absolute Gasteiger partial charge is 0.494 e. The van der Waals surface area contributed by atoms with E-state index < -0.39 is 0 Å². The van der Waals surface area contributed by atoms with Crippen LogP contribution in [0.15, 0.2) is 54.6 Å². The molecule has 1 saturated carbocycles. The van der Waals surface area contributed by atoms with Gasteiger partial charge in [0.2, 0.25) is 0 Å². The molecule has 2 aromatic carbocycles. The first-order valence-corrected chi connectivity index (χ1v) is 17.0. The quantitative estimate of drug-likeness (QED) is 0.438. The molecule has 45 heavy (non-hydrogen) atoms. The van der Waals surface area contributed by atoms with Gasteiger partial charge in [-0.3, -0.25) is 0 Å². The number of piperidine rings is 1. The Morgan fingerprint density at radius 2 is 1.13 bits per heavy atom. The zero-order chi connectivity index (χ0) is 32.4. The second-order valence-corrected chi connectivity index (χ2v) is 16.2.